The van der Waals surface area contributed by atoms with Gasteiger partial charge in [0.15, 0.2) is 0 Å². The molecule has 8 heteroatoms. The standard InChI is InChI=1S/C17H10ClF3N2O2/c18-13-3-5-14(6-4-13)23-10-12(9-22)16(24)11-1-7-15(8-2-11)25-17(19,20)21/h1-8,10,23H. The van der Waals surface area contributed by atoms with Crippen molar-refractivity contribution < 1.29 is 22.7 Å². The van der Waals surface area contributed by atoms with Crippen LogP contribution in [0.3, 0.4) is 0 Å². The maximum atomic E-state index is 12.2. The van der Waals surface area contributed by atoms with Crippen molar-refractivity contribution >= 4 is 23.1 Å². The summed E-state index contributed by atoms with van der Waals surface area (Å²) in [6, 6.07) is 12.6. The van der Waals surface area contributed by atoms with Crippen molar-refractivity contribution in [3.05, 3.63) is 70.9 Å². The number of hydrogen-bond acceptors (Lipinski definition) is 4. The molecule has 2 aromatic carbocycles. The monoisotopic (exact) mass is 366 g/mol. The summed E-state index contributed by atoms with van der Waals surface area (Å²) in [5.74, 6) is -1.09. The molecule has 0 amide bonds. The molecular formula is C17H10ClF3N2O2. The zero-order chi connectivity index (χ0) is 18.4. The van der Waals surface area contributed by atoms with Gasteiger partial charge in [0.25, 0.3) is 0 Å². The number of rotatable bonds is 5. The number of Topliss-reactive ketones (excluding diaryl/α,β-unsaturated/α-hetero) is 1. The van der Waals surface area contributed by atoms with E-state index in [1.54, 1.807) is 30.3 Å². The van der Waals surface area contributed by atoms with Crippen LogP contribution in [0.1, 0.15) is 10.4 Å². The Morgan fingerprint density at radius 3 is 2.24 bits per heavy atom. The van der Waals surface area contributed by atoms with E-state index in [4.69, 9.17) is 16.9 Å². The van der Waals surface area contributed by atoms with Gasteiger partial charge in [0, 0.05) is 22.5 Å². The smallest absolute Gasteiger partial charge is 0.406 e. The fourth-order valence-corrected chi connectivity index (χ4v) is 1.94. The number of halogens is 4. The molecule has 0 radical (unpaired) electrons. The van der Waals surface area contributed by atoms with E-state index < -0.39 is 17.9 Å². The molecular weight excluding hydrogens is 357 g/mol. The Balaban J connectivity index is 2.12. The van der Waals surface area contributed by atoms with Crippen molar-refractivity contribution in [2.24, 2.45) is 0 Å². The average molecular weight is 367 g/mol. The molecule has 0 unspecified atom stereocenters. The second-order valence-electron chi connectivity index (χ2n) is 4.72. The van der Waals surface area contributed by atoms with Crippen LogP contribution in [-0.2, 0) is 0 Å². The molecule has 0 saturated carbocycles. The number of ether oxygens (including phenoxy) is 1. The number of nitrogens with one attached hydrogen (secondary N) is 1. The molecule has 0 aromatic heterocycles. The number of allylic oxidation sites excluding steroid dienone is 1. The van der Waals surface area contributed by atoms with Crippen LogP contribution < -0.4 is 10.1 Å². The number of nitrogens with zero attached hydrogens (tertiary/aromatic N) is 1. The van der Waals surface area contributed by atoms with Crippen LogP contribution in [0.5, 0.6) is 5.75 Å². The van der Waals surface area contributed by atoms with Gasteiger partial charge in [0.1, 0.15) is 17.4 Å². The SMILES string of the molecule is N#CC(=CNc1ccc(Cl)cc1)C(=O)c1ccc(OC(F)(F)F)cc1. The Labute approximate surface area is 146 Å². The topological polar surface area (TPSA) is 62.1 Å². The van der Waals surface area contributed by atoms with Gasteiger partial charge in [-0.05, 0) is 48.5 Å². The number of hydrogen-bond donors (Lipinski definition) is 1. The van der Waals surface area contributed by atoms with Crippen LogP contribution >= 0.6 is 11.6 Å². The van der Waals surface area contributed by atoms with Gasteiger partial charge in [-0.3, -0.25) is 4.79 Å². The van der Waals surface area contributed by atoms with E-state index in [1.807, 2.05) is 0 Å². The molecule has 0 saturated heterocycles. The number of ketones is 1. The highest BCUT2D eigenvalue weighted by Gasteiger charge is 2.31. The van der Waals surface area contributed by atoms with Crippen molar-refractivity contribution in [3.8, 4) is 11.8 Å². The predicted octanol–water partition coefficient (Wildman–Crippen LogP) is 4.94. The largest absolute Gasteiger partial charge is 0.573 e. The minimum absolute atomic E-state index is 0.0558. The van der Waals surface area contributed by atoms with E-state index in [2.05, 4.69) is 10.1 Å². The van der Waals surface area contributed by atoms with Gasteiger partial charge in [0.05, 0.1) is 0 Å². The van der Waals surface area contributed by atoms with E-state index in [0.29, 0.717) is 10.7 Å². The minimum atomic E-state index is -4.81. The third-order valence-corrected chi connectivity index (χ3v) is 3.19. The predicted molar refractivity (Wildman–Crippen MR) is 86.2 cm³/mol. The van der Waals surface area contributed by atoms with Crippen LogP contribution in [0.2, 0.25) is 5.02 Å². The Bertz CT molecular complexity index is 823. The van der Waals surface area contributed by atoms with Crippen LogP contribution in [0.15, 0.2) is 60.3 Å². The molecule has 2 aromatic rings. The van der Waals surface area contributed by atoms with Crippen LogP contribution in [0.25, 0.3) is 0 Å². The van der Waals surface area contributed by atoms with Gasteiger partial charge in [-0.15, -0.1) is 13.2 Å². The van der Waals surface area contributed by atoms with E-state index in [9.17, 15) is 18.0 Å². The lowest BCUT2D eigenvalue weighted by Crippen LogP contribution is -2.17. The summed E-state index contributed by atoms with van der Waals surface area (Å²) in [7, 11) is 0. The van der Waals surface area contributed by atoms with E-state index in [0.717, 1.165) is 24.3 Å². The van der Waals surface area contributed by atoms with Crippen molar-refractivity contribution in [1.29, 1.82) is 5.26 Å². The number of carbonyl (C=O) groups excluding carboxylic acids is 1. The first kappa shape index (κ1) is 18.4. The lowest BCUT2D eigenvalue weighted by atomic mass is 10.1. The maximum Gasteiger partial charge on any atom is 0.573 e. The Kier molecular flexibility index (Phi) is 5.67. The number of carbonyl (C=O) groups is 1. The summed E-state index contributed by atoms with van der Waals surface area (Å²) < 4.78 is 40.1. The van der Waals surface area contributed by atoms with E-state index >= 15 is 0 Å². The van der Waals surface area contributed by atoms with Crippen molar-refractivity contribution in [2.45, 2.75) is 6.36 Å². The van der Waals surface area contributed by atoms with Gasteiger partial charge in [0.2, 0.25) is 5.78 Å². The van der Waals surface area contributed by atoms with Gasteiger partial charge in [-0.2, -0.15) is 5.26 Å². The summed E-state index contributed by atoms with van der Waals surface area (Å²) in [4.78, 5) is 12.2. The van der Waals surface area contributed by atoms with Gasteiger partial charge in [-0.25, -0.2) is 0 Å². The third-order valence-electron chi connectivity index (χ3n) is 2.94. The molecule has 0 aliphatic rings. The normalized spacial score (nSPS) is 11.6. The highest BCUT2D eigenvalue weighted by atomic mass is 35.5. The molecule has 0 heterocycles. The number of benzene rings is 2. The molecule has 0 fully saturated rings. The fourth-order valence-electron chi connectivity index (χ4n) is 1.81. The second-order valence-corrected chi connectivity index (χ2v) is 5.16. The van der Waals surface area contributed by atoms with Crippen LogP contribution in [0, 0.1) is 11.3 Å². The quantitative estimate of drug-likeness (QED) is 0.462. The molecule has 1 N–H and O–H groups in total. The molecule has 0 aliphatic heterocycles. The fraction of sp³-hybridized carbons (Fsp3) is 0.0588. The molecule has 2 rings (SSSR count). The Hall–Kier alpha value is -2.98. The van der Waals surface area contributed by atoms with Crippen LogP contribution in [-0.4, -0.2) is 12.1 Å². The first-order chi connectivity index (χ1) is 11.8. The molecule has 128 valence electrons. The third kappa shape index (κ3) is 5.55. The summed E-state index contributed by atoms with van der Waals surface area (Å²) in [6.07, 6.45) is -3.60. The molecule has 0 bridgehead atoms. The van der Waals surface area contributed by atoms with E-state index in [1.165, 1.54) is 6.20 Å². The first-order valence-electron chi connectivity index (χ1n) is 6.81. The van der Waals surface area contributed by atoms with Crippen molar-refractivity contribution in [1.82, 2.24) is 0 Å². The first-order valence-corrected chi connectivity index (χ1v) is 7.19. The Morgan fingerprint density at radius 2 is 1.72 bits per heavy atom. The summed E-state index contributed by atoms with van der Waals surface area (Å²) >= 11 is 5.75. The zero-order valence-corrected chi connectivity index (χ0v) is 13.2. The van der Waals surface area contributed by atoms with Crippen molar-refractivity contribution in [2.75, 3.05) is 5.32 Å². The van der Waals surface area contributed by atoms with Gasteiger partial charge >= 0.3 is 6.36 Å². The molecule has 25 heavy (non-hydrogen) atoms. The summed E-state index contributed by atoms with van der Waals surface area (Å²) in [5, 5.41) is 12.4. The molecule has 4 nitrogen and oxygen atoms in total. The van der Waals surface area contributed by atoms with Crippen LogP contribution in [0.4, 0.5) is 18.9 Å². The number of anilines is 1. The highest BCUT2D eigenvalue weighted by molar-refractivity contribution is 6.30. The molecule has 0 aliphatic carbocycles. The number of alkyl halides is 3. The highest BCUT2D eigenvalue weighted by Crippen LogP contribution is 2.23. The lowest BCUT2D eigenvalue weighted by Gasteiger charge is -2.09. The lowest BCUT2D eigenvalue weighted by molar-refractivity contribution is -0.274. The molecule has 0 atom stereocenters. The maximum absolute atomic E-state index is 12.2. The summed E-state index contributed by atoms with van der Waals surface area (Å²) in [5.41, 5.74) is 0.457. The van der Waals surface area contributed by atoms with Crippen molar-refractivity contribution in [3.63, 3.8) is 0 Å². The van der Waals surface area contributed by atoms with Gasteiger partial charge in [-0.1, -0.05) is 11.6 Å². The van der Waals surface area contributed by atoms with E-state index in [-0.39, 0.29) is 11.1 Å². The van der Waals surface area contributed by atoms with Gasteiger partial charge < -0.3 is 10.1 Å². The Morgan fingerprint density at radius 1 is 1.12 bits per heavy atom. The average Bonchev–Trinajstić information content (AvgIpc) is 2.56. The minimum Gasteiger partial charge on any atom is -0.406 e. The number of nitriles is 1. The molecule has 0 spiro atoms. The summed E-state index contributed by atoms with van der Waals surface area (Å²) in [6.45, 7) is 0. The second kappa shape index (κ2) is 7.73. The zero-order valence-electron chi connectivity index (χ0n) is 12.5.